The lowest BCUT2D eigenvalue weighted by atomic mass is 10.0. The molecular formula is C13H14NO3P. The third-order valence-corrected chi connectivity index (χ3v) is 2.07. The van der Waals surface area contributed by atoms with Gasteiger partial charge in [-0.1, -0.05) is 60.7 Å². The molecule has 0 aliphatic heterocycles. The van der Waals surface area contributed by atoms with E-state index in [0.717, 1.165) is 11.1 Å². The van der Waals surface area contributed by atoms with E-state index in [9.17, 15) is 4.79 Å². The van der Waals surface area contributed by atoms with Gasteiger partial charge in [0, 0.05) is 11.1 Å². The van der Waals surface area contributed by atoms with E-state index in [1.807, 2.05) is 60.7 Å². The fraction of sp³-hybridized carbons (Fsp3) is 0. The summed E-state index contributed by atoms with van der Waals surface area (Å²) in [4.78, 5) is 19.2. The quantitative estimate of drug-likeness (QED) is 0.643. The molecule has 0 saturated carbocycles. The SMILES string of the molecule is N[PH](=O)O.O=C(c1ccccc1)c1ccccc1. The van der Waals surface area contributed by atoms with E-state index >= 15 is 0 Å². The molecule has 94 valence electrons. The zero-order valence-corrected chi connectivity index (χ0v) is 10.6. The number of rotatable bonds is 2. The predicted molar refractivity (Wildman–Crippen MR) is 71.7 cm³/mol. The minimum absolute atomic E-state index is 0.0752. The lowest BCUT2D eigenvalue weighted by Gasteiger charge is -1.99. The fourth-order valence-corrected chi connectivity index (χ4v) is 1.35. The first-order valence-electron chi connectivity index (χ1n) is 5.24. The van der Waals surface area contributed by atoms with Crippen molar-refractivity contribution >= 4 is 14.0 Å². The second-order valence-corrected chi connectivity index (χ2v) is 4.08. The molecule has 0 heterocycles. The molecule has 2 aromatic carbocycles. The second kappa shape index (κ2) is 7.56. The Bertz CT molecular complexity index is 469. The summed E-state index contributed by atoms with van der Waals surface area (Å²) in [5.74, 6) is 0.0752. The molecule has 0 aromatic heterocycles. The summed E-state index contributed by atoms with van der Waals surface area (Å²) >= 11 is 0. The lowest BCUT2D eigenvalue weighted by Crippen LogP contribution is -1.99. The molecule has 4 nitrogen and oxygen atoms in total. The lowest BCUT2D eigenvalue weighted by molar-refractivity contribution is 0.103. The first-order valence-corrected chi connectivity index (χ1v) is 6.67. The van der Waals surface area contributed by atoms with E-state index < -0.39 is 8.18 Å². The van der Waals surface area contributed by atoms with Crippen LogP contribution in [0.25, 0.3) is 0 Å². The first kappa shape index (κ1) is 14.3. The van der Waals surface area contributed by atoms with Gasteiger partial charge in [0.15, 0.2) is 5.78 Å². The van der Waals surface area contributed by atoms with Gasteiger partial charge >= 0.3 is 0 Å². The molecule has 0 aliphatic rings. The maximum absolute atomic E-state index is 11.8. The summed E-state index contributed by atoms with van der Waals surface area (Å²) in [6.45, 7) is 0. The molecular weight excluding hydrogens is 249 g/mol. The summed E-state index contributed by atoms with van der Waals surface area (Å²) in [6.07, 6.45) is 0. The van der Waals surface area contributed by atoms with Crippen LogP contribution < -0.4 is 5.50 Å². The fourth-order valence-electron chi connectivity index (χ4n) is 1.35. The van der Waals surface area contributed by atoms with Gasteiger partial charge in [-0.15, -0.1) is 0 Å². The number of hydrogen-bond acceptors (Lipinski definition) is 2. The third-order valence-electron chi connectivity index (χ3n) is 2.07. The maximum Gasteiger partial charge on any atom is 0.253 e. The Morgan fingerprint density at radius 2 is 1.17 bits per heavy atom. The van der Waals surface area contributed by atoms with Gasteiger partial charge in [0.1, 0.15) is 0 Å². The third kappa shape index (κ3) is 5.06. The van der Waals surface area contributed by atoms with Crippen LogP contribution in [0.2, 0.25) is 0 Å². The van der Waals surface area contributed by atoms with Gasteiger partial charge in [0.05, 0.1) is 0 Å². The van der Waals surface area contributed by atoms with Gasteiger partial charge in [0.2, 0.25) is 0 Å². The zero-order valence-electron chi connectivity index (χ0n) is 9.61. The molecule has 3 N–H and O–H groups in total. The molecule has 0 amide bonds. The molecule has 0 aliphatic carbocycles. The minimum atomic E-state index is -2.63. The van der Waals surface area contributed by atoms with Crippen LogP contribution in [0, 0.1) is 0 Å². The van der Waals surface area contributed by atoms with Crippen LogP contribution in [0.5, 0.6) is 0 Å². The average Bonchev–Trinajstić information content (AvgIpc) is 2.39. The molecule has 1 atom stereocenters. The van der Waals surface area contributed by atoms with E-state index in [-0.39, 0.29) is 5.78 Å². The number of nitrogens with two attached hydrogens (primary N) is 1. The molecule has 0 spiro atoms. The van der Waals surface area contributed by atoms with Crippen molar-refractivity contribution in [2.24, 2.45) is 5.50 Å². The van der Waals surface area contributed by atoms with Crippen LogP contribution in [-0.4, -0.2) is 10.7 Å². The molecule has 2 rings (SSSR count). The highest BCUT2D eigenvalue weighted by atomic mass is 31.1. The standard InChI is InChI=1S/C13H10O.H4NO2P/c14-13(11-7-3-1-4-8-11)12-9-5-2-6-10-12;1-4(2)3/h1-10H;4H,(H3,1,2,3). The van der Waals surface area contributed by atoms with Gasteiger partial charge in [-0.3, -0.25) is 14.9 Å². The largest absolute Gasteiger partial charge is 0.336 e. The monoisotopic (exact) mass is 263 g/mol. The summed E-state index contributed by atoms with van der Waals surface area (Å²) in [7, 11) is -2.63. The van der Waals surface area contributed by atoms with Gasteiger partial charge in [0.25, 0.3) is 8.18 Å². The first-order chi connectivity index (χ1) is 8.61. The van der Waals surface area contributed by atoms with E-state index in [1.165, 1.54) is 0 Å². The number of benzene rings is 2. The summed E-state index contributed by atoms with van der Waals surface area (Å²) in [6, 6.07) is 18.6. The molecule has 1 unspecified atom stereocenters. The maximum atomic E-state index is 11.8. The Balaban J connectivity index is 0.000000357. The van der Waals surface area contributed by atoms with Crippen LogP contribution in [-0.2, 0) is 4.57 Å². The van der Waals surface area contributed by atoms with E-state index in [4.69, 9.17) is 9.46 Å². The van der Waals surface area contributed by atoms with E-state index in [2.05, 4.69) is 5.50 Å². The van der Waals surface area contributed by atoms with Gasteiger partial charge in [-0.05, 0) is 0 Å². The van der Waals surface area contributed by atoms with Crippen molar-refractivity contribution in [3.05, 3.63) is 71.8 Å². The van der Waals surface area contributed by atoms with Crippen LogP contribution in [0.15, 0.2) is 60.7 Å². The van der Waals surface area contributed by atoms with Crippen LogP contribution >= 0.6 is 8.18 Å². The molecule has 0 fully saturated rings. The highest BCUT2D eigenvalue weighted by Crippen LogP contribution is 2.08. The molecule has 5 heteroatoms. The van der Waals surface area contributed by atoms with Crippen molar-refractivity contribution in [2.45, 2.75) is 0 Å². The van der Waals surface area contributed by atoms with Crippen molar-refractivity contribution in [1.82, 2.24) is 0 Å². The van der Waals surface area contributed by atoms with Crippen molar-refractivity contribution in [3.63, 3.8) is 0 Å². The Labute approximate surface area is 106 Å². The highest BCUT2D eigenvalue weighted by Gasteiger charge is 2.06. The second-order valence-electron chi connectivity index (χ2n) is 3.40. The summed E-state index contributed by atoms with van der Waals surface area (Å²) < 4.78 is 8.96. The molecule has 0 bridgehead atoms. The van der Waals surface area contributed by atoms with Crippen molar-refractivity contribution < 1.29 is 14.3 Å². The number of carbonyl (C=O) groups is 1. The molecule has 0 radical (unpaired) electrons. The topological polar surface area (TPSA) is 80.4 Å². The zero-order chi connectivity index (χ0) is 13.4. The Morgan fingerprint density at radius 1 is 0.889 bits per heavy atom. The molecule has 2 aromatic rings. The smallest absolute Gasteiger partial charge is 0.253 e. The summed E-state index contributed by atoms with van der Waals surface area (Å²) in [5, 5.41) is 0. The van der Waals surface area contributed by atoms with Crippen LogP contribution in [0.4, 0.5) is 0 Å². The molecule has 0 saturated heterocycles. The van der Waals surface area contributed by atoms with E-state index in [1.54, 1.807) is 0 Å². The van der Waals surface area contributed by atoms with Crippen molar-refractivity contribution in [2.75, 3.05) is 0 Å². The normalized spacial score (nSPS) is 11.0. The van der Waals surface area contributed by atoms with Crippen LogP contribution in [0.3, 0.4) is 0 Å². The average molecular weight is 263 g/mol. The highest BCUT2D eigenvalue weighted by molar-refractivity contribution is 7.35. The number of ketones is 1. The minimum Gasteiger partial charge on any atom is -0.336 e. The van der Waals surface area contributed by atoms with Gasteiger partial charge < -0.3 is 4.89 Å². The van der Waals surface area contributed by atoms with Crippen molar-refractivity contribution in [1.29, 1.82) is 0 Å². The predicted octanol–water partition coefficient (Wildman–Crippen LogP) is 2.24. The Kier molecular flexibility index (Phi) is 6.01. The summed E-state index contributed by atoms with van der Waals surface area (Å²) in [5.41, 5.74) is 5.68. The Hall–Kier alpha value is -1.74. The number of carbonyl (C=O) groups excluding carboxylic acids is 1. The van der Waals surface area contributed by atoms with Crippen LogP contribution in [0.1, 0.15) is 15.9 Å². The van der Waals surface area contributed by atoms with E-state index in [0.29, 0.717) is 0 Å². The number of hydrogen-bond donors (Lipinski definition) is 2. The van der Waals surface area contributed by atoms with Gasteiger partial charge in [-0.2, -0.15) is 0 Å². The molecule has 18 heavy (non-hydrogen) atoms. The van der Waals surface area contributed by atoms with Gasteiger partial charge in [-0.25, -0.2) is 0 Å². The van der Waals surface area contributed by atoms with Crippen molar-refractivity contribution in [3.8, 4) is 0 Å². The Morgan fingerprint density at radius 3 is 1.44 bits per heavy atom.